The molecule has 4 heteroatoms. The summed E-state index contributed by atoms with van der Waals surface area (Å²) in [6.45, 7) is 5.20. The molecule has 1 heterocycles. The molecule has 1 amide bonds. The van der Waals surface area contributed by atoms with E-state index in [1.165, 1.54) is 6.92 Å². The average Bonchev–Trinajstić information content (AvgIpc) is 2.12. The zero-order valence-corrected chi connectivity index (χ0v) is 9.13. The van der Waals surface area contributed by atoms with Crippen LogP contribution in [0.25, 0.3) is 0 Å². The van der Waals surface area contributed by atoms with Crippen LogP contribution < -0.4 is 5.32 Å². The van der Waals surface area contributed by atoms with Crippen LogP contribution in [0.4, 0.5) is 0 Å². The Morgan fingerprint density at radius 1 is 1.33 bits per heavy atom. The monoisotopic (exact) mass is 206 g/mol. The van der Waals surface area contributed by atoms with Crippen LogP contribution in [0, 0.1) is 13.8 Å². The summed E-state index contributed by atoms with van der Waals surface area (Å²) in [6.07, 6.45) is 0. The Kier molecular flexibility index (Phi) is 3.55. The van der Waals surface area contributed by atoms with E-state index in [0.29, 0.717) is 5.69 Å². The Morgan fingerprint density at radius 3 is 2.53 bits per heavy atom. The highest BCUT2D eigenvalue weighted by atomic mass is 16.2. The number of amides is 1. The molecule has 15 heavy (non-hydrogen) atoms. The Balaban J connectivity index is 2.77. The van der Waals surface area contributed by atoms with Gasteiger partial charge in [-0.05, 0) is 38.5 Å². The number of nitrogens with one attached hydrogen (secondary N) is 1. The van der Waals surface area contributed by atoms with Gasteiger partial charge in [-0.2, -0.15) is 0 Å². The first kappa shape index (κ1) is 11.4. The summed E-state index contributed by atoms with van der Waals surface area (Å²) in [7, 11) is 0. The van der Waals surface area contributed by atoms with E-state index in [0.717, 1.165) is 11.3 Å². The van der Waals surface area contributed by atoms with Crippen molar-refractivity contribution in [2.75, 3.05) is 6.54 Å². The van der Waals surface area contributed by atoms with Gasteiger partial charge in [-0.1, -0.05) is 0 Å². The van der Waals surface area contributed by atoms with Gasteiger partial charge >= 0.3 is 0 Å². The van der Waals surface area contributed by atoms with Gasteiger partial charge in [0.2, 0.25) is 0 Å². The van der Waals surface area contributed by atoms with Crippen molar-refractivity contribution in [3.8, 4) is 0 Å². The first-order chi connectivity index (χ1) is 6.99. The van der Waals surface area contributed by atoms with E-state index in [9.17, 15) is 9.59 Å². The molecular formula is C11H14N2O2. The fourth-order valence-corrected chi connectivity index (χ4v) is 1.25. The van der Waals surface area contributed by atoms with Crippen LogP contribution in [-0.2, 0) is 4.79 Å². The SMILES string of the molecule is CC(=O)CNC(=O)c1cc(C)cc(C)n1. The van der Waals surface area contributed by atoms with Crippen LogP contribution in [0.2, 0.25) is 0 Å². The molecule has 0 aromatic carbocycles. The van der Waals surface area contributed by atoms with Crippen LogP contribution in [0.1, 0.15) is 28.7 Å². The van der Waals surface area contributed by atoms with Crippen molar-refractivity contribution in [3.63, 3.8) is 0 Å². The van der Waals surface area contributed by atoms with Gasteiger partial charge in [0.15, 0.2) is 0 Å². The first-order valence-electron chi connectivity index (χ1n) is 4.72. The highest BCUT2D eigenvalue weighted by Gasteiger charge is 2.08. The first-order valence-corrected chi connectivity index (χ1v) is 4.72. The lowest BCUT2D eigenvalue weighted by Gasteiger charge is -2.04. The Bertz CT molecular complexity index is 379. The number of ketones is 1. The predicted molar refractivity (Wildman–Crippen MR) is 56.7 cm³/mol. The lowest BCUT2D eigenvalue weighted by atomic mass is 10.2. The van der Waals surface area contributed by atoms with Gasteiger partial charge in [0.1, 0.15) is 11.5 Å². The van der Waals surface area contributed by atoms with E-state index in [4.69, 9.17) is 0 Å². The molecule has 0 bridgehead atoms. The molecule has 0 spiro atoms. The molecule has 0 aliphatic rings. The summed E-state index contributed by atoms with van der Waals surface area (Å²) in [5.41, 5.74) is 2.13. The third kappa shape index (κ3) is 3.50. The Hall–Kier alpha value is -1.71. The number of rotatable bonds is 3. The molecule has 0 unspecified atom stereocenters. The van der Waals surface area contributed by atoms with Crippen molar-refractivity contribution in [3.05, 3.63) is 29.1 Å². The highest BCUT2D eigenvalue weighted by Crippen LogP contribution is 2.03. The van der Waals surface area contributed by atoms with E-state index < -0.39 is 0 Å². The van der Waals surface area contributed by atoms with Gasteiger partial charge in [-0.15, -0.1) is 0 Å². The van der Waals surface area contributed by atoms with Crippen LogP contribution in [0.5, 0.6) is 0 Å². The lowest BCUT2D eigenvalue weighted by Crippen LogP contribution is -2.29. The van der Waals surface area contributed by atoms with E-state index >= 15 is 0 Å². The van der Waals surface area contributed by atoms with Gasteiger partial charge in [0, 0.05) is 5.69 Å². The van der Waals surface area contributed by atoms with Gasteiger partial charge in [-0.3, -0.25) is 9.59 Å². The summed E-state index contributed by atoms with van der Waals surface area (Å²) in [6, 6.07) is 3.59. The standard InChI is InChI=1S/C11H14N2O2/c1-7-4-8(2)13-10(5-7)11(15)12-6-9(3)14/h4-5H,6H2,1-3H3,(H,12,15). The number of pyridine rings is 1. The molecular weight excluding hydrogens is 192 g/mol. The van der Waals surface area contributed by atoms with Gasteiger partial charge in [-0.25, -0.2) is 4.98 Å². The van der Waals surface area contributed by atoms with Crippen LogP contribution in [-0.4, -0.2) is 23.2 Å². The molecule has 0 atom stereocenters. The summed E-state index contributed by atoms with van der Waals surface area (Å²) in [5, 5.41) is 2.50. The number of hydrogen-bond donors (Lipinski definition) is 1. The van der Waals surface area contributed by atoms with Gasteiger partial charge in [0.05, 0.1) is 6.54 Å². The maximum atomic E-state index is 11.5. The number of hydrogen-bond acceptors (Lipinski definition) is 3. The number of Topliss-reactive ketones (excluding diaryl/α,β-unsaturated/α-hetero) is 1. The Labute approximate surface area is 88.7 Å². The van der Waals surface area contributed by atoms with Crippen molar-refractivity contribution in [2.24, 2.45) is 0 Å². The topological polar surface area (TPSA) is 59.1 Å². The molecule has 1 rings (SSSR count). The van der Waals surface area contributed by atoms with Crippen LogP contribution >= 0.6 is 0 Å². The molecule has 1 aromatic rings. The van der Waals surface area contributed by atoms with Gasteiger partial charge < -0.3 is 5.32 Å². The second-order valence-electron chi connectivity index (χ2n) is 3.56. The fraction of sp³-hybridized carbons (Fsp3) is 0.364. The highest BCUT2D eigenvalue weighted by molar-refractivity contribution is 5.94. The molecule has 4 nitrogen and oxygen atoms in total. The largest absolute Gasteiger partial charge is 0.344 e. The maximum absolute atomic E-state index is 11.5. The van der Waals surface area contributed by atoms with E-state index in [2.05, 4.69) is 10.3 Å². The third-order valence-electron chi connectivity index (χ3n) is 1.83. The quantitative estimate of drug-likeness (QED) is 0.803. The number of nitrogens with zero attached hydrogens (tertiary/aromatic N) is 1. The minimum Gasteiger partial charge on any atom is -0.344 e. The molecule has 0 saturated heterocycles. The van der Waals surface area contributed by atoms with Gasteiger partial charge in [0.25, 0.3) is 5.91 Å². The number of aromatic nitrogens is 1. The van der Waals surface area contributed by atoms with Crippen molar-refractivity contribution < 1.29 is 9.59 Å². The molecule has 0 saturated carbocycles. The zero-order chi connectivity index (χ0) is 11.4. The predicted octanol–water partition coefficient (Wildman–Crippen LogP) is 1.02. The van der Waals surface area contributed by atoms with E-state index in [-0.39, 0.29) is 18.2 Å². The molecule has 0 aliphatic heterocycles. The molecule has 0 radical (unpaired) electrons. The van der Waals surface area contributed by atoms with E-state index in [1.807, 2.05) is 19.9 Å². The van der Waals surface area contributed by atoms with Crippen molar-refractivity contribution in [2.45, 2.75) is 20.8 Å². The number of carbonyl (C=O) groups is 2. The minimum atomic E-state index is -0.308. The summed E-state index contributed by atoms with van der Waals surface area (Å²) >= 11 is 0. The number of carbonyl (C=O) groups excluding carboxylic acids is 2. The number of aryl methyl sites for hydroxylation is 2. The van der Waals surface area contributed by atoms with Crippen molar-refractivity contribution in [1.29, 1.82) is 0 Å². The second-order valence-corrected chi connectivity index (χ2v) is 3.56. The van der Waals surface area contributed by atoms with E-state index in [1.54, 1.807) is 6.07 Å². The van der Waals surface area contributed by atoms with Crippen molar-refractivity contribution in [1.82, 2.24) is 10.3 Å². The summed E-state index contributed by atoms with van der Waals surface area (Å²) in [5.74, 6) is -0.385. The smallest absolute Gasteiger partial charge is 0.270 e. The average molecular weight is 206 g/mol. The van der Waals surface area contributed by atoms with Crippen molar-refractivity contribution >= 4 is 11.7 Å². The minimum absolute atomic E-state index is 0.0491. The molecule has 0 fully saturated rings. The van der Waals surface area contributed by atoms with Crippen LogP contribution in [0.15, 0.2) is 12.1 Å². The normalized spacial score (nSPS) is 9.80. The zero-order valence-electron chi connectivity index (χ0n) is 9.13. The molecule has 1 N–H and O–H groups in total. The summed E-state index contributed by atoms with van der Waals surface area (Å²) < 4.78 is 0. The Morgan fingerprint density at radius 2 is 2.00 bits per heavy atom. The fourth-order valence-electron chi connectivity index (χ4n) is 1.25. The second kappa shape index (κ2) is 4.68. The van der Waals surface area contributed by atoms with Crippen LogP contribution in [0.3, 0.4) is 0 Å². The molecule has 0 aliphatic carbocycles. The lowest BCUT2D eigenvalue weighted by molar-refractivity contribution is -0.116. The maximum Gasteiger partial charge on any atom is 0.270 e. The summed E-state index contributed by atoms with van der Waals surface area (Å²) in [4.78, 5) is 26.3. The molecule has 80 valence electrons. The third-order valence-corrected chi connectivity index (χ3v) is 1.83. The molecule has 1 aromatic heterocycles.